The molecule has 1 nitrogen and oxygen atoms in total. The molecule has 1 aromatic carbocycles. The molecule has 1 aliphatic rings. The minimum atomic E-state index is 0.548. The maximum absolute atomic E-state index is 3.90. The Kier molecular flexibility index (Phi) is 5.25. The second-order valence-corrected chi connectivity index (χ2v) is 5.89. The van der Waals surface area contributed by atoms with Crippen molar-refractivity contribution in [3.63, 3.8) is 0 Å². The normalized spacial score (nSPS) is 25.9. The summed E-state index contributed by atoms with van der Waals surface area (Å²) in [5.41, 5.74) is 1.46. The van der Waals surface area contributed by atoms with Gasteiger partial charge in [0.15, 0.2) is 0 Å². The zero-order valence-electron chi connectivity index (χ0n) is 11.9. The lowest BCUT2D eigenvalue weighted by Crippen LogP contribution is -2.36. The van der Waals surface area contributed by atoms with Gasteiger partial charge in [-0.15, -0.1) is 0 Å². The molecule has 0 spiro atoms. The van der Waals surface area contributed by atoms with E-state index in [1.54, 1.807) is 0 Å². The molecule has 18 heavy (non-hydrogen) atoms. The molecule has 1 aromatic rings. The predicted molar refractivity (Wildman–Crippen MR) is 78.6 cm³/mol. The van der Waals surface area contributed by atoms with Crippen LogP contribution in [0.5, 0.6) is 0 Å². The Bertz CT molecular complexity index is 333. The van der Waals surface area contributed by atoms with Gasteiger partial charge in [-0.05, 0) is 30.7 Å². The van der Waals surface area contributed by atoms with Gasteiger partial charge in [0.05, 0.1) is 0 Å². The predicted octanol–water partition coefficient (Wildman–Crippen LogP) is 4.70. The molecular formula is C17H27N. The van der Waals surface area contributed by atoms with Crippen LogP contribution < -0.4 is 5.32 Å². The quantitative estimate of drug-likeness (QED) is 0.793. The number of nitrogens with one attached hydrogen (secondary N) is 1. The third-order valence-corrected chi connectivity index (χ3v) is 4.15. The molecule has 0 bridgehead atoms. The van der Waals surface area contributed by atoms with E-state index in [1.165, 1.54) is 44.1 Å². The molecule has 1 heteroatoms. The van der Waals surface area contributed by atoms with Crippen LogP contribution in [0.1, 0.15) is 64.0 Å². The standard InChI is InChI=1S/C17H27N/c1-3-8-17(15-10-5-4-6-11-15)18-16-12-7-9-14(2)13-16/h4-6,10-11,14,16-18H,3,7-9,12-13H2,1-2H3. The second kappa shape index (κ2) is 6.94. The largest absolute Gasteiger partial charge is 0.307 e. The molecule has 0 amide bonds. The van der Waals surface area contributed by atoms with Crippen LogP contribution in [0.3, 0.4) is 0 Å². The van der Waals surface area contributed by atoms with Crippen LogP contribution in [0, 0.1) is 5.92 Å². The molecule has 0 heterocycles. The van der Waals surface area contributed by atoms with E-state index >= 15 is 0 Å². The third-order valence-electron chi connectivity index (χ3n) is 4.15. The number of hydrogen-bond acceptors (Lipinski definition) is 1. The summed E-state index contributed by atoms with van der Waals surface area (Å²) in [5.74, 6) is 0.897. The number of hydrogen-bond donors (Lipinski definition) is 1. The molecule has 1 fully saturated rings. The SMILES string of the molecule is CCCC(NC1CCCC(C)C1)c1ccccc1. The summed E-state index contributed by atoms with van der Waals surface area (Å²) < 4.78 is 0. The first-order valence-corrected chi connectivity index (χ1v) is 7.60. The molecule has 3 unspecified atom stereocenters. The topological polar surface area (TPSA) is 12.0 Å². The van der Waals surface area contributed by atoms with Crippen LogP contribution in [0.2, 0.25) is 0 Å². The minimum Gasteiger partial charge on any atom is -0.307 e. The van der Waals surface area contributed by atoms with Crippen molar-refractivity contribution in [2.75, 3.05) is 0 Å². The summed E-state index contributed by atoms with van der Waals surface area (Å²) in [6.07, 6.45) is 8.02. The highest BCUT2D eigenvalue weighted by atomic mass is 15.0. The van der Waals surface area contributed by atoms with Crippen molar-refractivity contribution in [2.45, 2.75) is 64.5 Å². The Morgan fingerprint density at radius 2 is 2.00 bits per heavy atom. The highest BCUT2D eigenvalue weighted by molar-refractivity contribution is 5.19. The lowest BCUT2D eigenvalue weighted by atomic mass is 9.86. The molecule has 1 saturated carbocycles. The van der Waals surface area contributed by atoms with Crippen molar-refractivity contribution in [1.29, 1.82) is 0 Å². The Hall–Kier alpha value is -0.820. The summed E-state index contributed by atoms with van der Waals surface area (Å²) in [6.45, 7) is 4.67. The second-order valence-electron chi connectivity index (χ2n) is 5.89. The van der Waals surface area contributed by atoms with Gasteiger partial charge >= 0.3 is 0 Å². The molecule has 0 saturated heterocycles. The summed E-state index contributed by atoms with van der Waals surface area (Å²) in [7, 11) is 0. The van der Waals surface area contributed by atoms with E-state index in [1.807, 2.05) is 0 Å². The molecule has 0 radical (unpaired) electrons. The summed E-state index contributed by atoms with van der Waals surface area (Å²) >= 11 is 0. The van der Waals surface area contributed by atoms with Crippen molar-refractivity contribution in [3.05, 3.63) is 35.9 Å². The van der Waals surface area contributed by atoms with Gasteiger partial charge < -0.3 is 5.32 Å². The zero-order valence-corrected chi connectivity index (χ0v) is 11.9. The number of benzene rings is 1. The van der Waals surface area contributed by atoms with Crippen LogP contribution in [0.25, 0.3) is 0 Å². The molecule has 0 aliphatic heterocycles. The van der Waals surface area contributed by atoms with E-state index in [2.05, 4.69) is 49.5 Å². The molecule has 2 rings (SSSR count). The van der Waals surface area contributed by atoms with Crippen LogP contribution in [-0.4, -0.2) is 6.04 Å². The number of rotatable bonds is 5. The van der Waals surface area contributed by atoms with E-state index in [-0.39, 0.29) is 0 Å². The van der Waals surface area contributed by atoms with Crippen molar-refractivity contribution in [2.24, 2.45) is 5.92 Å². The van der Waals surface area contributed by atoms with Crippen LogP contribution in [-0.2, 0) is 0 Å². The highest BCUT2D eigenvalue weighted by Gasteiger charge is 2.21. The average molecular weight is 245 g/mol. The van der Waals surface area contributed by atoms with E-state index in [0.29, 0.717) is 6.04 Å². The van der Waals surface area contributed by atoms with Gasteiger partial charge in [-0.2, -0.15) is 0 Å². The van der Waals surface area contributed by atoms with Gasteiger partial charge in [0.25, 0.3) is 0 Å². The fourth-order valence-corrected chi connectivity index (χ4v) is 3.19. The summed E-state index contributed by atoms with van der Waals surface area (Å²) in [4.78, 5) is 0. The van der Waals surface area contributed by atoms with Crippen LogP contribution >= 0.6 is 0 Å². The third kappa shape index (κ3) is 3.84. The molecule has 1 aliphatic carbocycles. The Morgan fingerprint density at radius 3 is 2.67 bits per heavy atom. The van der Waals surface area contributed by atoms with Gasteiger partial charge in [0.2, 0.25) is 0 Å². The van der Waals surface area contributed by atoms with E-state index in [0.717, 1.165) is 12.0 Å². The fourth-order valence-electron chi connectivity index (χ4n) is 3.19. The van der Waals surface area contributed by atoms with E-state index < -0.39 is 0 Å². The Labute approximate surface area is 112 Å². The first-order valence-electron chi connectivity index (χ1n) is 7.60. The van der Waals surface area contributed by atoms with Gasteiger partial charge in [0.1, 0.15) is 0 Å². The molecular weight excluding hydrogens is 218 g/mol. The molecule has 3 atom stereocenters. The lowest BCUT2D eigenvalue weighted by Gasteiger charge is -2.31. The van der Waals surface area contributed by atoms with Crippen molar-refractivity contribution >= 4 is 0 Å². The van der Waals surface area contributed by atoms with Gasteiger partial charge in [0, 0.05) is 12.1 Å². The Morgan fingerprint density at radius 1 is 1.22 bits per heavy atom. The first-order chi connectivity index (χ1) is 8.79. The van der Waals surface area contributed by atoms with Gasteiger partial charge in [-0.1, -0.05) is 63.4 Å². The maximum Gasteiger partial charge on any atom is 0.0322 e. The molecule has 100 valence electrons. The fraction of sp³-hybridized carbons (Fsp3) is 0.647. The minimum absolute atomic E-state index is 0.548. The average Bonchev–Trinajstić information content (AvgIpc) is 2.39. The van der Waals surface area contributed by atoms with E-state index in [4.69, 9.17) is 0 Å². The first kappa shape index (κ1) is 13.6. The molecule has 1 N–H and O–H groups in total. The van der Waals surface area contributed by atoms with Crippen LogP contribution in [0.4, 0.5) is 0 Å². The Balaban J connectivity index is 1.97. The van der Waals surface area contributed by atoms with Gasteiger partial charge in [-0.3, -0.25) is 0 Å². The van der Waals surface area contributed by atoms with Crippen molar-refractivity contribution in [1.82, 2.24) is 5.32 Å². The zero-order chi connectivity index (χ0) is 12.8. The summed E-state index contributed by atoms with van der Waals surface area (Å²) in [6, 6.07) is 12.2. The van der Waals surface area contributed by atoms with Crippen LogP contribution in [0.15, 0.2) is 30.3 Å². The summed E-state index contributed by atoms with van der Waals surface area (Å²) in [5, 5.41) is 3.90. The van der Waals surface area contributed by atoms with Crippen molar-refractivity contribution in [3.8, 4) is 0 Å². The monoisotopic (exact) mass is 245 g/mol. The van der Waals surface area contributed by atoms with Gasteiger partial charge in [-0.25, -0.2) is 0 Å². The molecule has 0 aromatic heterocycles. The van der Waals surface area contributed by atoms with E-state index in [9.17, 15) is 0 Å². The highest BCUT2D eigenvalue weighted by Crippen LogP contribution is 2.27. The smallest absolute Gasteiger partial charge is 0.0322 e. The van der Waals surface area contributed by atoms with Crippen molar-refractivity contribution < 1.29 is 0 Å². The maximum atomic E-state index is 3.90. The lowest BCUT2D eigenvalue weighted by molar-refractivity contribution is 0.275.